The minimum Gasteiger partial charge on any atom is -0.481 e. The zero-order valence-electron chi connectivity index (χ0n) is 11.2. The first-order chi connectivity index (χ1) is 8.70. The van der Waals surface area contributed by atoms with Gasteiger partial charge in [-0.3, -0.25) is 9.69 Å². The van der Waals surface area contributed by atoms with Crippen molar-refractivity contribution >= 4 is 5.97 Å². The molecule has 2 unspecified atom stereocenters. The third kappa shape index (κ3) is 2.18. The number of likely N-dealkylation sites (tertiary alicyclic amines) is 1. The average Bonchev–Trinajstić information content (AvgIpc) is 3.00. The third-order valence-electron chi connectivity index (χ3n) is 5.79. The molecule has 0 aromatic heterocycles. The Morgan fingerprint density at radius 3 is 2.28 bits per heavy atom. The maximum absolute atomic E-state index is 11.3. The van der Waals surface area contributed by atoms with Crippen molar-refractivity contribution in [1.82, 2.24) is 4.90 Å². The van der Waals surface area contributed by atoms with Crippen LogP contribution < -0.4 is 0 Å². The van der Waals surface area contributed by atoms with Gasteiger partial charge in [0.2, 0.25) is 0 Å². The van der Waals surface area contributed by atoms with Gasteiger partial charge in [0.15, 0.2) is 0 Å². The number of piperidine rings is 1. The summed E-state index contributed by atoms with van der Waals surface area (Å²) in [5, 5.41) is 9.29. The zero-order valence-corrected chi connectivity index (χ0v) is 11.2. The summed E-state index contributed by atoms with van der Waals surface area (Å²) < 4.78 is 0. The standard InChI is InChI=1S/C15H25NO2/c17-14(18)12-4-3-5-13(12)16-10-8-15(9-11-16)6-1-2-7-15/h12-13H,1-11H2,(H,17,18). The molecule has 1 spiro atoms. The van der Waals surface area contributed by atoms with Gasteiger partial charge in [-0.2, -0.15) is 0 Å². The van der Waals surface area contributed by atoms with E-state index in [2.05, 4.69) is 4.90 Å². The Morgan fingerprint density at radius 2 is 1.67 bits per heavy atom. The summed E-state index contributed by atoms with van der Waals surface area (Å²) >= 11 is 0. The van der Waals surface area contributed by atoms with Gasteiger partial charge in [-0.25, -0.2) is 0 Å². The molecule has 0 aromatic carbocycles. The molecule has 0 bridgehead atoms. The molecular formula is C15H25NO2. The second kappa shape index (κ2) is 4.84. The Balaban J connectivity index is 1.60. The minimum atomic E-state index is -0.571. The first-order valence-corrected chi connectivity index (χ1v) is 7.67. The van der Waals surface area contributed by atoms with E-state index in [-0.39, 0.29) is 5.92 Å². The van der Waals surface area contributed by atoms with E-state index in [1.165, 1.54) is 38.5 Å². The van der Waals surface area contributed by atoms with Crippen LogP contribution in [0.2, 0.25) is 0 Å². The van der Waals surface area contributed by atoms with E-state index in [1.54, 1.807) is 0 Å². The Labute approximate surface area is 110 Å². The van der Waals surface area contributed by atoms with Crippen molar-refractivity contribution in [2.45, 2.75) is 63.8 Å². The van der Waals surface area contributed by atoms with Gasteiger partial charge < -0.3 is 5.11 Å². The van der Waals surface area contributed by atoms with Crippen LogP contribution in [0.5, 0.6) is 0 Å². The fourth-order valence-corrected chi connectivity index (χ4v) is 4.62. The Morgan fingerprint density at radius 1 is 1.00 bits per heavy atom. The lowest BCUT2D eigenvalue weighted by molar-refractivity contribution is -0.143. The largest absolute Gasteiger partial charge is 0.481 e. The van der Waals surface area contributed by atoms with Crippen molar-refractivity contribution in [2.75, 3.05) is 13.1 Å². The van der Waals surface area contributed by atoms with E-state index < -0.39 is 5.97 Å². The first kappa shape index (κ1) is 12.5. The lowest BCUT2D eigenvalue weighted by Gasteiger charge is -2.42. The Hall–Kier alpha value is -0.570. The monoisotopic (exact) mass is 251 g/mol. The van der Waals surface area contributed by atoms with E-state index in [9.17, 15) is 9.90 Å². The lowest BCUT2D eigenvalue weighted by atomic mass is 9.76. The summed E-state index contributed by atoms with van der Waals surface area (Å²) in [6.45, 7) is 2.29. The molecule has 1 N–H and O–H groups in total. The molecular weight excluding hydrogens is 226 g/mol. The van der Waals surface area contributed by atoms with Crippen LogP contribution in [0, 0.1) is 11.3 Å². The normalized spacial score (nSPS) is 36.2. The smallest absolute Gasteiger partial charge is 0.308 e. The molecule has 2 saturated carbocycles. The highest BCUT2D eigenvalue weighted by Gasteiger charge is 2.42. The van der Waals surface area contributed by atoms with Crippen molar-refractivity contribution in [2.24, 2.45) is 11.3 Å². The molecule has 1 heterocycles. The first-order valence-electron chi connectivity index (χ1n) is 7.67. The van der Waals surface area contributed by atoms with E-state index in [4.69, 9.17) is 0 Å². The molecule has 0 radical (unpaired) electrons. The van der Waals surface area contributed by atoms with Gasteiger partial charge in [0, 0.05) is 6.04 Å². The average molecular weight is 251 g/mol. The fraction of sp³-hybridized carbons (Fsp3) is 0.933. The topological polar surface area (TPSA) is 40.5 Å². The van der Waals surface area contributed by atoms with Gasteiger partial charge in [-0.05, 0) is 57.0 Å². The number of hydrogen-bond donors (Lipinski definition) is 1. The molecule has 1 saturated heterocycles. The predicted octanol–water partition coefficient (Wildman–Crippen LogP) is 2.90. The summed E-state index contributed by atoms with van der Waals surface area (Å²) in [5.74, 6) is -0.665. The van der Waals surface area contributed by atoms with Crippen LogP contribution in [0.1, 0.15) is 57.8 Å². The SMILES string of the molecule is O=C(O)C1CCCC1N1CCC2(CCCC2)CC1. The van der Waals surface area contributed by atoms with Crippen molar-refractivity contribution in [3.63, 3.8) is 0 Å². The molecule has 0 aromatic rings. The second-order valence-corrected chi connectivity index (χ2v) is 6.69. The van der Waals surface area contributed by atoms with Crippen LogP contribution in [0.25, 0.3) is 0 Å². The second-order valence-electron chi connectivity index (χ2n) is 6.69. The van der Waals surface area contributed by atoms with Crippen LogP contribution in [-0.4, -0.2) is 35.1 Å². The van der Waals surface area contributed by atoms with Crippen molar-refractivity contribution < 1.29 is 9.90 Å². The molecule has 3 aliphatic rings. The number of carboxylic acids is 1. The molecule has 0 amide bonds. The fourth-order valence-electron chi connectivity index (χ4n) is 4.62. The van der Waals surface area contributed by atoms with E-state index >= 15 is 0 Å². The van der Waals surface area contributed by atoms with Gasteiger partial charge in [0.25, 0.3) is 0 Å². The number of carbonyl (C=O) groups is 1. The predicted molar refractivity (Wildman–Crippen MR) is 70.5 cm³/mol. The summed E-state index contributed by atoms with van der Waals surface area (Å²) in [7, 11) is 0. The van der Waals surface area contributed by atoms with Gasteiger partial charge in [-0.15, -0.1) is 0 Å². The van der Waals surface area contributed by atoms with Crippen LogP contribution in [0.15, 0.2) is 0 Å². The maximum Gasteiger partial charge on any atom is 0.308 e. The molecule has 1 aliphatic heterocycles. The maximum atomic E-state index is 11.3. The van der Waals surface area contributed by atoms with Crippen LogP contribution in [-0.2, 0) is 4.79 Å². The van der Waals surface area contributed by atoms with Crippen molar-refractivity contribution in [3.05, 3.63) is 0 Å². The summed E-state index contributed by atoms with van der Waals surface area (Å²) in [5.41, 5.74) is 0.647. The molecule has 18 heavy (non-hydrogen) atoms. The lowest BCUT2D eigenvalue weighted by Crippen LogP contribution is -2.47. The molecule has 102 valence electrons. The number of rotatable bonds is 2. The molecule has 2 atom stereocenters. The Kier molecular flexibility index (Phi) is 3.35. The highest BCUT2D eigenvalue weighted by molar-refractivity contribution is 5.71. The number of carboxylic acid groups (broad SMARTS) is 1. The molecule has 3 rings (SSSR count). The highest BCUT2D eigenvalue weighted by Crippen LogP contribution is 2.47. The van der Waals surface area contributed by atoms with Gasteiger partial charge in [-0.1, -0.05) is 19.3 Å². The van der Waals surface area contributed by atoms with Crippen LogP contribution >= 0.6 is 0 Å². The number of hydrogen-bond acceptors (Lipinski definition) is 2. The molecule has 3 nitrogen and oxygen atoms in total. The quantitative estimate of drug-likeness (QED) is 0.820. The van der Waals surface area contributed by atoms with Gasteiger partial charge >= 0.3 is 5.97 Å². The Bertz CT molecular complexity index is 312. The molecule has 3 heteroatoms. The number of aliphatic carboxylic acids is 1. The minimum absolute atomic E-state index is 0.0948. The van der Waals surface area contributed by atoms with Crippen molar-refractivity contribution in [1.29, 1.82) is 0 Å². The summed E-state index contributed by atoms with van der Waals surface area (Å²) in [4.78, 5) is 13.8. The number of nitrogens with zero attached hydrogens (tertiary/aromatic N) is 1. The van der Waals surface area contributed by atoms with E-state index in [0.29, 0.717) is 11.5 Å². The third-order valence-corrected chi connectivity index (χ3v) is 5.79. The summed E-state index contributed by atoms with van der Waals surface area (Å²) in [6.07, 6.45) is 11.4. The van der Waals surface area contributed by atoms with Crippen molar-refractivity contribution in [3.8, 4) is 0 Å². The molecule has 2 aliphatic carbocycles. The van der Waals surface area contributed by atoms with Gasteiger partial charge in [0.1, 0.15) is 0 Å². The van der Waals surface area contributed by atoms with Gasteiger partial charge in [0.05, 0.1) is 5.92 Å². The zero-order chi connectivity index (χ0) is 12.6. The summed E-state index contributed by atoms with van der Waals surface area (Å²) in [6, 6.07) is 0.334. The van der Waals surface area contributed by atoms with Crippen LogP contribution in [0.4, 0.5) is 0 Å². The van der Waals surface area contributed by atoms with E-state index in [0.717, 1.165) is 32.4 Å². The van der Waals surface area contributed by atoms with E-state index in [1.807, 2.05) is 0 Å². The molecule has 3 fully saturated rings. The highest BCUT2D eigenvalue weighted by atomic mass is 16.4. The van der Waals surface area contributed by atoms with Crippen LogP contribution in [0.3, 0.4) is 0 Å².